The van der Waals surface area contributed by atoms with Crippen LogP contribution in [0.1, 0.15) is 32.7 Å². The lowest BCUT2D eigenvalue weighted by Gasteiger charge is -2.20. The Hall–Kier alpha value is -4.18. The number of nitrogens with two attached hydrogens (primary N) is 1. The number of rotatable bonds is 9. The molecule has 3 amide bonds. The molecule has 0 unspecified atom stereocenters. The molecule has 0 radical (unpaired) electrons. The van der Waals surface area contributed by atoms with Gasteiger partial charge in [0.2, 0.25) is 5.91 Å². The lowest BCUT2D eigenvalue weighted by molar-refractivity contribution is -0.117. The molecule has 0 fully saturated rings. The van der Waals surface area contributed by atoms with Crippen molar-refractivity contribution >= 4 is 39.1 Å². The number of para-hydroxylation sites is 1. The van der Waals surface area contributed by atoms with Crippen LogP contribution in [0.5, 0.6) is 0 Å². The summed E-state index contributed by atoms with van der Waals surface area (Å²) in [5.74, 6) is -1.47. The van der Waals surface area contributed by atoms with Gasteiger partial charge in [-0.15, -0.1) is 0 Å². The van der Waals surface area contributed by atoms with E-state index >= 15 is 0 Å². The molecule has 10 heteroatoms. The van der Waals surface area contributed by atoms with E-state index in [9.17, 15) is 22.8 Å². The molecule has 0 saturated carbocycles. The molecule has 0 aromatic heterocycles. The summed E-state index contributed by atoms with van der Waals surface area (Å²) in [5, 5.41) is 5.27. The average molecular weight is 495 g/mol. The second-order valence-corrected chi connectivity index (χ2v) is 9.77. The Bertz CT molecular complexity index is 1340. The lowest BCUT2D eigenvalue weighted by Crippen LogP contribution is -2.29. The number of amides is 3. The lowest BCUT2D eigenvalue weighted by atomic mass is 10.1. The number of nitrogens with one attached hydrogen (secondary N) is 2. The van der Waals surface area contributed by atoms with Crippen LogP contribution in [0.2, 0.25) is 0 Å². The van der Waals surface area contributed by atoms with Crippen molar-refractivity contribution in [3.05, 3.63) is 89.5 Å². The van der Waals surface area contributed by atoms with Crippen LogP contribution in [0, 0.1) is 6.92 Å². The average Bonchev–Trinajstić information content (AvgIpc) is 2.84. The number of carbonyl (C=O) groups excluding carboxylic acids is 3. The minimum absolute atomic E-state index is 0.000689. The zero-order chi connectivity index (χ0) is 25.6. The Labute approximate surface area is 204 Å². The van der Waals surface area contributed by atoms with Gasteiger partial charge in [-0.2, -0.15) is 0 Å². The third-order valence-electron chi connectivity index (χ3n) is 5.25. The van der Waals surface area contributed by atoms with Gasteiger partial charge in [0.05, 0.1) is 21.8 Å². The van der Waals surface area contributed by atoms with Gasteiger partial charge < -0.3 is 16.4 Å². The number of nitrogens with zero attached hydrogens (tertiary/aromatic N) is 1. The molecule has 0 heterocycles. The first kappa shape index (κ1) is 25.4. The van der Waals surface area contributed by atoms with Gasteiger partial charge in [0.25, 0.3) is 21.8 Å². The smallest absolute Gasteiger partial charge is 0.264 e. The van der Waals surface area contributed by atoms with E-state index in [1.807, 2.05) is 6.92 Å². The SMILES string of the molecule is Cc1ccc(S(=O)(=O)N(C)c2ccc(C(=O)Nc3ccccc3C(=O)NCCC(N)=O)cc2)cc1. The second-order valence-electron chi connectivity index (χ2n) is 7.80. The second kappa shape index (κ2) is 10.8. The van der Waals surface area contributed by atoms with Crippen molar-refractivity contribution in [2.45, 2.75) is 18.2 Å². The van der Waals surface area contributed by atoms with Crippen molar-refractivity contribution < 1.29 is 22.8 Å². The van der Waals surface area contributed by atoms with Crippen molar-refractivity contribution in [3.63, 3.8) is 0 Å². The first-order valence-corrected chi connectivity index (χ1v) is 12.2. The molecule has 3 aromatic rings. The van der Waals surface area contributed by atoms with Crippen LogP contribution in [0.25, 0.3) is 0 Å². The van der Waals surface area contributed by atoms with Crippen molar-refractivity contribution in [2.24, 2.45) is 5.73 Å². The standard InChI is InChI=1S/C25H26N4O5S/c1-17-7-13-20(14-8-17)35(33,34)29(2)19-11-9-18(10-12-19)24(31)28-22-6-4-3-5-21(22)25(32)27-16-15-23(26)30/h3-14H,15-16H2,1-2H3,(H2,26,30)(H,27,32)(H,28,31). The fourth-order valence-corrected chi connectivity index (χ4v) is 4.40. The van der Waals surface area contributed by atoms with Crippen LogP contribution in [-0.4, -0.2) is 39.7 Å². The van der Waals surface area contributed by atoms with Crippen molar-refractivity contribution in [1.82, 2.24) is 5.32 Å². The summed E-state index contributed by atoms with van der Waals surface area (Å²) in [5.41, 5.74) is 7.21. The fraction of sp³-hybridized carbons (Fsp3) is 0.160. The predicted octanol–water partition coefficient (Wildman–Crippen LogP) is 2.68. The maximum Gasteiger partial charge on any atom is 0.264 e. The molecule has 9 nitrogen and oxygen atoms in total. The number of anilines is 2. The normalized spacial score (nSPS) is 10.9. The van der Waals surface area contributed by atoms with Crippen molar-refractivity contribution in [3.8, 4) is 0 Å². The molecule has 0 saturated heterocycles. The molecule has 0 aliphatic carbocycles. The Morgan fingerprint density at radius 1 is 0.886 bits per heavy atom. The van der Waals surface area contributed by atoms with E-state index < -0.39 is 27.7 Å². The monoisotopic (exact) mass is 494 g/mol. The van der Waals surface area contributed by atoms with Gasteiger partial charge in [-0.25, -0.2) is 8.42 Å². The summed E-state index contributed by atoms with van der Waals surface area (Å²) in [6.07, 6.45) is 0.000689. The quantitative estimate of drug-likeness (QED) is 0.420. The van der Waals surface area contributed by atoms with Gasteiger partial charge in [-0.3, -0.25) is 18.7 Å². The highest BCUT2D eigenvalue weighted by Crippen LogP contribution is 2.23. The molecule has 0 aliphatic rings. The van der Waals surface area contributed by atoms with E-state index in [1.165, 1.54) is 31.3 Å². The molecule has 3 rings (SSSR count). The van der Waals surface area contributed by atoms with Crippen LogP contribution in [0.15, 0.2) is 77.7 Å². The number of hydrogen-bond acceptors (Lipinski definition) is 5. The number of carbonyl (C=O) groups is 3. The molecular weight excluding hydrogens is 468 g/mol. The van der Waals surface area contributed by atoms with E-state index in [2.05, 4.69) is 10.6 Å². The third-order valence-corrected chi connectivity index (χ3v) is 7.05. The minimum Gasteiger partial charge on any atom is -0.370 e. The number of primary amides is 1. The molecule has 0 spiro atoms. The van der Waals surface area contributed by atoms with Crippen LogP contribution < -0.4 is 20.7 Å². The highest BCUT2D eigenvalue weighted by Gasteiger charge is 2.21. The van der Waals surface area contributed by atoms with E-state index in [0.717, 1.165) is 9.87 Å². The molecule has 0 bridgehead atoms. The maximum atomic E-state index is 12.9. The van der Waals surface area contributed by atoms with Crippen molar-refractivity contribution in [2.75, 3.05) is 23.2 Å². The third kappa shape index (κ3) is 6.24. The summed E-state index contributed by atoms with van der Waals surface area (Å²) in [6, 6.07) is 19.1. The minimum atomic E-state index is -3.76. The molecule has 3 aromatic carbocycles. The summed E-state index contributed by atoms with van der Waals surface area (Å²) in [6.45, 7) is 1.95. The summed E-state index contributed by atoms with van der Waals surface area (Å²) in [7, 11) is -2.32. The maximum absolute atomic E-state index is 12.9. The molecule has 4 N–H and O–H groups in total. The number of benzene rings is 3. The Morgan fingerprint density at radius 2 is 1.51 bits per heavy atom. The van der Waals surface area contributed by atoms with Crippen molar-refractivity contribution in [1.29, 1.82) is 0 Å². The fourth-order valence-electron chi connectivity index (χ4n) is 3.21. The number of sulfonamides is 1. The zero-order valence-electron chi connectivity index (χ0n) is 19.3. The van der Waals surface area contributed by atoms with Gasteiger partial charge in [-0.05, 0) is 55.5 Å². The number of aryl methyl sites for hydroxylation is 1. The molecule has 182 valence electrons. The summed E-state index contributed by atoms with van der Waals surface area (Å²) >= 11 is 0. The van der Waals surface area contributed by atoms with Gasteiger partial charge in [-0.1, -0.05) is 29.8 Å². The Morgan fingerprint density at radius 3 is 2.14 bits per heavy atom. The van der Waals surface area contributed by atoms with Gasteiger partial charge >= 0.3 is 0 Å². The topological polar surface area (TPSA) is 139 Å². The molecule has 0 aliphatic heterocycles. The van der Waals surface area contributed by atoms with Crippen LogP contribution >= 0.6 is 0 Å². The largest absolute Gasteiger partial charge is 0.370 e. The molecule has 0 atom stereocenters. The zero-order valence-corrected chi connectivity index (χ0v) is 20.1. The van der Waals surface area contributed by atoms with E-state index in [-0.39, 0.29) is 34.7 Å². The van der Waals surface area contributed by atoms with Gasteiger partial charge in [0, 0.05) is 25.6 Å². The summed E-state index contributed by atoms with van der Waals surface area (Å²) in [4.78, 5) is 36.3. The number of hydrogen-bond donors (Lipinski definition) is 3. The van der Waals surface area contributed by atoms with E-state index in [1.54, 1.807) is 48.5 Å². The molecular formula is C25H26N4O5S. The first-order chi connectivity index (χ1) is 16.6. The Kier molecular flexibility index (Phi) is 7.87. The van der Waals surface area contributed by atoms with E-state index in [4.69, 9.17) is 5.73 Å². The van der Waals surface area contributed by atoms with E-state index in [0.29, 0.717) is 5.69 Å². The van der Waals surface area contributed by atoms with Crippen LogP contribution in [0.4, 0.5) is 11.4 Å². The highest BCUT2D eigenvalue weighted by molar-refractivity contribution is 7.92. The van der Waals surface area contributed by atoms with Crippen LogP contribution in [0.3, 0.4) is 0 Å². The molecule has 35 heavy (non-hydrogen) atoms. The predicted molar refractivity (Wildman–Crippen MR) is 134 cm³/mol. The highest BCUT2D eigenvalue weighted by atomic mass is 32.2. The van der Waals surface area contributed by atoms with Gasteiger partial charge in [0.1, 0.15) is 0 Å². The van der Waals surface area contributed by atoms with Gasteiger partial charge in [0.15, 0.2) is 0 Å². The first-order valence-electron chi connectivity index (χ1n) is 10.7. The Balaban J connectivity index is 1.73. The van der Waals surface area contributed by atoms with Crippen LogP contribution in [-0.2, 0) is 14.8 Å². The summed E-state index contributed by atoms with van der Waals surface area (Å²) < 4.78 is 26.9.